The van der Waals surface area contributed by atoms with E-state index in [2.05, 4.69) is 93.7 Å². The summed E-state index contributed by atoms with van der Waals surface area (Å²) in [5.74, 6) is -1.48. The van der Waals surface area contributed by atoms with E-state index in [0.29, 0.717) is 19.3 Å². The van der Waals surface area contributed by atoms with Crippen LogP contribution in [0.15, 0.2) is 72.9 Å². The number of phosphoric acid groups is 1. The molecule has 80 heavy (non-hydrogen) atoms. The first kappa shape index (κ1) is 76.9. The molecule has 0 spiro atoms. The fraction of sp³-hybridized carbons (Fsp3) is 0.779. The van der Waals surface area contributed by atoms with Crippen LogP contribution in [0.4, 0.5) is 0 Å². The molecule has 0 aliphatic rings. The van der Waals surface area contributed by atoms with Gasteiger partial charge in [0.05, 0.1) is 19.8 Å². The van der Waals surface area contributed by atoms with Crippen molar-refractivity contribution in [3.05, 3.63) is 72.9 Å². The third kappa shape index (κ3) is 59.5. The molecule has 3 atom stereocenters. The van der Waals surface area contributed by atoms with Crippen molar-refractivity contribution in [2.24, 2.45) is 0 Å². The number of aliphatic hydroxyl groups excluding tert-OH is 1. The number of ether oxygens (including phenoxy) is 3. The molecule has 0 bridgehead atoms. The Bertz CT molecular complexity index is 1620. The molecule has 0 heterocycles. The van der Waals surface area contributed by atoms with E-state index in [1.54, 1.807) is 0 Å². The zero-order valence-electron chi connectivity index (χ0n) is 51.5. The Balaban J connectivity index is 4.73. The van der Waals surface area contributed by atoms with Crippen LogP contribution in [0.25, 0.3) is 0 Å². The Morgan fingerprint density at radius 3 is 0.975 bits per heavy atom. The molecule has 0 aromatic carbocycles. The number of carbonyl (C=O) groups excluding carboxylic acids is 3. The molecule has 0 saturated carbocycles. The lowest BCUT2D eigenvalue weighted by Crippen LogP contribution is -2.30. The maximum Gasteiger partial charge on any atom is 0.472 e. The summed E-state index contributed by atoms with van der Waals surface area (Å²) in [5.41, 5.74) is 0. The van der Waals surface area contributed by atoms with E-state index in [0.717, 1.165) is 109 Å². The van der Waals surface area contributed by atoms with Crippen molar-refractivity contribution >= 4 is 25.7 Å². The third-order valence-corrected chi connectivity index (χ3v) is 15.0. The van der Waals surface area contributed by atoms with Crippen LogP contribution in [0.3, 0.4) is 0 Å². The largest absolute Gasteiger partial charge is 0.472 e. The van der Waals surface area contributed by atoms with Gasteiger partial charge in [0.2, 0.25) is 0 Å². The van der Waals surface area contributed by atoms with Gasteiger partial charge in [-0.15, -0.1) is 0 Å². The number of esters is 3. The van der Waals surface area contributed by atoms with Gasteiger partial charge in [-0.3, -0.25) is 23.4 Å². The van der Waals surface area contributed by atoms with E-state index in [-0.39, 0.29) is 25.9 Å². The van der Waals surface area contributed by atoms with Crippen molar-refractivity contribution in [2.45, 2.75) is 315 Å². The quantitative estimate of drug-likeness (QED) is 0.0197. The van der Waals surface area contributed by atoms with Crippen LogP contribution < -0.4 is 0 Å². The number of aliphatic hydroxyl groups is 1. The number of phosphoric ester groups is 1. The molecule has 0 radical (unpaired) electrons. The van der Waals surface area contributed by atoms with Crippen molar-refractivity contribution in [3.8, 4) is 0 Å². The highest BCUT2D eigenvalue weighted by Gasteiger charge is 2.28. The second-order valence-electron chi connectivity index (χ2n) is 21.9. The number of hydrogen-bond donors (Lipinski definition) is 2. The molecule has 0 rings (SSSR count). The second kappa shape index (κ2) is 62.0. The molecule has 0 saturated heterocycles. The average Bonchev–Trinajstić information content (AvgIpc) is 3.45. The van der Waals surface area contributed by atoms with Gasteiger partial charge in [-0.25, -0.2) is 4.57 Å². The molecular formula is C68H121O11P. The van der Waals surface area contributed by atoms with Crippen LogP contribution in [0.1, 0.15) is 303 Å². The zero-order chi connectivity index (χ0) is 58.3. The van der Waals surface area contributed by atoms with Crippen molar-refractivity contribution in [1.82, 2.24) is 0 Å². The minimum Gasteiger partial charge on any atom is -0.462 e. The zero-order valence-corrected chi connectivity index (χ0v) is 52.4. The lowest BCUT2D eigenvalue weighted by Gasteiger charge is -2.21. The average molecular weight is 1150 g/mol. The van der Waals surface area contributed by atoms with E-state index in [9.17, 15) is 28.9 Å². The Kier molecular flexibility index (Phi) is 59.6. The first-order valence-corrected chi connectivity index (χ1v) is 34.3. The van der Waals surface area contributed by atoms with Gasteiger partial charge in [-0.2, -0.15) is 0 Å². The highest BCUT2D eigenvalue weighted by Crippen LogP contribution is 2.43. The predicted octanol–water partition coefficient (Wildman–Crippen LogP) is 20.0. The maximum absolute atomic E-state index is 13.0. The monoisotopic (exact) mass is 1140 g/mol. The summed E-state index contributed by atoms with van der Waals surface area (Å²) < 4.78 is 39.7. The molecule has 0 fully saturated rings. The Labute approximate surface area is 490 Å². The number of hydrogen-bond acceptors (Lipinski definition) is 10. The summed E-state index contributed by atoms with van der Waals surface area (Å²) in [5, 5.41) is 9.86. The predicted molar refractivity (Wildman–Crippen MR) is 335 cm³/mol. The first-order chi connectivity index (χ1) is 39.2. The van der Waals surface area contributed by atoms with Crippen LogP contribution in [-0.2, 0) is 42.2 Å². The number of allylic oxidation sites excluding steroid dienone is 12. The van der Waals surface area contributed by atoms with Gasteiger partial charge in [0, 0.05) is 19.3 Å². The molecule has 3 unspecified atom stereocenters. The maximum atomic E-state index is 13.0. The summed E-state index contributed by atoms with van der Waals surface area (Å²) in [4.78, 5) is 48.8. The molecule has 11 nitrogen and oxygen atoms in total. The number of rotatable bonds is 61. The molecular weight excluding hydrogens is 1020 g/mol. The highest BCUT2D eigenvalue weighted by atomic mass is 31.2. The summed E-state index contributed by atoms with van der Waals surface area (Å²) in [6.45, 7) is 4.61. The SMILES string of the molecule is CCCCC/C=C\C/C=C\C/C=C\CCCCCCCCC(=O)OC(COC(=O)CCCCCCCCC/C=C\C/C=C\CCCCC)COP(=O)(O)OCC(CO)OC(=O)CCCCCCCCC/C=C\CCCCCCCC. The van der Waals surface area contributed by atoms with Gasteiger partial charge in [-0.1, -0.05) is 241 Å². The molecule has 0 aliphatic carbocycles. The standard InChI is InChI=1S/C68H121O11P/c1-4-7-10-13-16-19-22-25-28-31-32-35-38-41-44-47-50-53-56-59-68(72)79-65(61-75-66(70)57-54-51-48-45-42-39-36-33-29-26-23-20-17-14-11-8-5-2)63-77-80(73,74)76-62-64(60-69)78-67(71)58-55-52-49-46-43-40-37-34-30-27-24-21-18-15-12-9-6-3/h16-17,19-20,25-30,32,35,64-65,69H,4-15,18,21-24,31,33-34,36-63H2,1-3H3,(H,73,74)/b19-16-,20-17-,28-25-,29-26-,30-27-,35-32-. The Morgan fingerprint density at radius 1 is 0.350 bits per heavy atom. The summed E-state index contributed by atoms with van der Waals surface area (Å²) in [7, 11) is -4.76. The molecule has 0 aromatic heterocycles. The smallest absolute Gasteiger partial charge is 0.462 e. The number of carbonyl (C=O) groups is 3. The van der Waals surface area contributed by atoms with Crippen molar-refractivity contribution in [1.29, 1.82) is 0 Å². The first-order valence-electron chi connectivity index (χ1n) is 32.8. The Morgan fingerprint density at radius 2 is 0.613 bits per heavy atom. The van der Waals surface area contributed by atoms with Crippen LogP contribution in [0.5, 0.6) is 0 Å². The molecule has 0 aromatic rings. The van der Waals surface area contributed by atoms with E-state index < -0.39 is 57.8 Å². The van der Waals surface area contributed by atoms with Gasteiger partial charge < -0.3 is 24.2 Å². The van der Waals surface area contributed by atoms with Crippen molar-refractivity contribution in [3.63, 3.8) is 0 Å². The van der Waals surface area contributed by atoms with Gasteiger partial charge >= 0.3 is 25.7 Å². The van der Waals surface area contributed by atoms with Gasteiger partial charge in [-0.05, 0) is 116 Å². The fourth-order valence-electron chi connectivity index (χ4n) is 9.04. The number of unbranched alkanes of at least 4 members (excludes halogenated alkanes) is 32. The molecule has 0 amide bonds. The van der Waals surface area contributed by atoms with E-state index in [1.807, 2.05) is 0 Å². The minimum atomic E-state index is -4.76. The van der Waals surface area contributed by atoms with Gasteiger partial charge in [0.1, 0.15) is 12.7 Å². The van der Waals surface area contributed by atoms with Gasteiger partial charge in [0.15, 0.2) is 6.10 Å². The lowest BCUT2D eigenvalue weighted by molar-refractivity contribution is -0.161. The van der Waals surface area contributed by atoms with Crippen molar-refractivity contribution < 1.29 is 52.2 Å². The third-order valence-electron chi connectivity index (χ3n) is 14.1. The lowest BCUT2D eigenvalue weighted by atomic mass is 10.1. The normalized spacial score (nSPS) is 13.7. The van der Waals surface area contributed by atoms with E-state index in [4.69, 9.17) is 23.3 Å². The molecule has 464 valence electrons. The highest BCUT2D eigenvalue weighted by molar-refractivity contribution is 7.47. The Hall–Kier alpha value is -3.08. The van der Waals surface area contributed by atoms with Crippen LogP contribution in [0.2, 0.25) is 0 Å². The van der Waals surface area contributed by atoms with Gasteiger partial charge in [0.25, 0.3) is 0 Å². The minimum absolute atomic E-state index is 0.150. The topological polar surface area (TPSA) is 155 Å². The summed E-state index contributed by atoms with van der Waals surface area (Å²) in [6.07, 6.45) is 71.3. The van der Waals surface area contributed by atoms with E-state index >= 15 is 0 Å². The van der Waals surface area contributed by atoms with E-state index in [1.165, 1.54) is 135 Å². The summed E-state index contributed by atoms with van der Waals surface area (Å²) >= 11 is 0. The molecule has 12 heteroatoms. The summed E-state index contributed by atoms with van der Waals surface area (Å²) in [6, 6.07) is 0. The fourth-order valence-corrected chi connectivity index (χ4v) is 9.82. The molecule has 0 aliphatic heterocycles. The second-order valence-corrected chi connectivity index (χ2v) is 23.4. The molecule has 2 N–H and O–H groups in total. The van der Waals surface area contributed by atoms with Crippen LogP contribution >= 0.6 is 7.82 Å². The van der Waals surface area contributed by atoms with Crippen LogP contribution in [-0.4, -0.2) is 66.5 Å². The van der Waals surface area contributed by atoms with Crippen LogP contribution in [0, 0.1) is 0 Å². The van der Waals surface area contributed by atoms with Crippen molar-refractivity contribution in [2.75, 3.05) is 26.4 Å².